The standard InChI is InChI=1S/C12H13N5O3/c13-11-10(17(18)19)12(16-8-15-11)20-7-1-2-9-3-5-14-6-4-9/h3-6,8H,1-2,7H2,(H2,13,15,16). The first kappa shape index (κ1) is 13.7. The molecule has 2 rings (SSSR count). The molecule has 2 heterocycles. The van der Waals surface area contributed by atoms with Crippen molar-refractivity contribution >= 4 is 11.5 Å². The molecule has 8 heteroatoms. The molecule has 0 radical (unpaired) electrons. The summed E-state index contributed by atoms with van der Waals surface area (Å²) in [5, 5.41) is 10.9. The van der Waals surface area contributed by atoms with Gasteiger partial charge in [-0.05, 0) is 30.5 Å². The van der Waals surface area contributed by atoms with E-state index in [0.717, 1.165) is 18.3 Å². The van der Waals surface area contributed by atoms with E-state index in [9.17, 15) is 10.1 Å². The summed E-state index contributed by atoms with van der Waals surface area (Å²) in [4.78, 5) is 21.5. The molecule has 0 spiro atoms. The monoisotopic (exact) mass is 275 g/mol. The summed E-state index contributed by atoms with van der Waals surface area (Å²) >= 11 is 0. The third-order valence-electron chi connectivity index (χ3n) is 2.60. The molecule has 0 fully saturated rings. The van der Waals surface area contributed by atoms with E-state index in [1.54, 1.807) is 12.4 Å². The van der Waals surface area contributed by atoms with Gasteiger partial charge in [0.1, 0.15) is 6.33 Å². The van der Waals surface area contributed by atoms with Crippen molar-refractivity contribution in [2.75, 3.05) is 12.3 Å². The fourth-order valence-corrected chi connectivity index (χ4v) is 1.65. The zero-order chi connectivity index (χ0) is 14.4. The first-order valence-electron chi connectivity index (χ1n) is 5.95. The topological polar surface area (TPSA) is 117 Å². The van der Waals surface area contributed by atoms with Crippen LogP contribution in [0.25, 0.3) is 0 Å². The minimum absolute atomic E-state index is 0.0998. The fraction of sp³-hybridized carbons (Fsp3) is 0.250. The average molecular weight is 275 g/mol. The number of rotatable bonds is 6. The SMILES string of the molecule is Nc1ncnc(OCCCc2ccncc2)c1[N+](=O)[O-]. The van der Waals surface area contributed by atoms with Crippen molar-refractivity contribution in [2.24, 2.45) is 0 Å². The number of nitrogens with zero attached hydrogens (tertiary/aromatic N) is 4. The molecule has 20 heavy (non-hydrogen) atoms. The number of nitrogens with two attached hydrogens (primary N) is 1. The van der Waals surface area contributed by atoms with Crippen molar-refractivity contribution in [1.82, 2.24) is 15.0 Å². The minimum atomic E-state index is -0.645. The second-order valence-corrected chi connectivity index (χ2v) is 3.98. The molecule has 2 N–H and O–H groups in total. The van der Waals surface area contributed by atoms with E-state index in [4.69, 9.17) is 10.5 Å². The summed E-state index contributed by atoms with van der Waals surface area (Å²) < 4.78 is 5.31. The lowest BCUT2D eigenvalue weighted by molar-refractivity contribution is -0.385. The Morgan fingerprint density at radius 2 is 2.05 bits per heavy atom. The van der Waals surface area contributed by atoms with Crippen molar-refractivity contribution in [2.45, 2.75) is 12.8 Å². The molecule has 8 nitrogen and oxygen atoms in total. The molecule has 2 aromatic rings. The van der Waals surface area contributed by atoms with Crippen molar-refractivity contribution in [1.29, 1.82) is 0 Å². The Hall–Kier alpha value is -2.77. The van der Waals surface area contributed by atoms with Gasteiger partial charge in [0.05, 0.1) is 11.5 Å². The maximum Gasteiger partial charge on any atom is 0.372 e. The highest BCUT2D eigenvalue weighted by molar-refractivity contribution is 5.57. The molecule has 0 aliphatic rings. The van der Waals surface area contributed by atoms with Crippen LogP contribution in [0.3, 0.4) is 0 Å². The number of hydrogen-bond donors (Lipinski definition) is 1. The fourth-order valence-electron chi connectivity index (χ4n) is 1.65. The van der Waals surface area contributed by atoms with Gasteiger partial charge in [0.2, 0.25) is 5.82 Å². The van der Waals surface area contributed by atoms with Gasteiger partial charge in [-0.1, -0.05) is 0 Å². The van der Waals surface area contributed by atoms with Gasteiger partial charge < -0.3 is 10.5 Å². The van der Waals surface area contributed by atoms with Gasteiger partial charge >= 0.3 is 5.69 Å². The molecular weight excluding hydrogens is 262 g/mol. The Morgan fingerprint density at radius 3 is 2.75 bits per heavy atom. The number of nitrogen functional groups attached to an aromatic ring is 1. The Kier molecular flexibility index (Phi) is 4.38. The van der Waals surface area contributed by atoms with Gasteiger partial charge in [0.25, 0.3) is 5.88 Å². The molecule has 104 valence electrons. The van der Waals surface area contributed by atoms with Crippen LogP contribution < -0.4 is 10.5 Å². The second kappa shape index (κ2) is 6.41. The molecule has 0 unspecified atom stereocenters. The van der Waals surface area contributed by atoms with Gasteiger partial charge in [-0.15, -0.1) is 0 Å². The molecule has 0 bridgehead atoms. The van der Waals surface area contributed by atoms with E-state index in [2.05, 4.69) is 15.0 Å². The lowest BCUT2D eigenvalue weighted by Gasteiger charge is -2.06. The summed E-state index contributed by atoms with van der Waals surface area (Å²) in [5.74, 6) is -0.300. The predicted molar refractivity (Wildman–Crippen MR) is 71.2 cm³/mol. The van der Waals surface area contributed by atoms with E-state index in [1.165, 1.54) is 0 Å². The summed E-state index contributed by atoms with van der Waals surface area (Å²) in [7, 11) is 0. The molecule has 0 amide bonds. The van der Waals surface area contributed by atoms with Crippen LogP contribution >= 0.6 is 0 Å². The second-order valence-electron chi connectivity index (χ2n) is 3.98. The molecule has 2 aromatic heterocycles. The molecule has 0 aliphatic carbocycles. The molecule has 0 saturated carbocycles. The van der Waals surface area contributed by atoms with Crippen LogP contribution in [-0.4, -0.2) is 26.5 Å². The van der Waals surface area contributed by atoms with Crippen LogP contribution in [0.4, 0.5) is 11.5 Å². The number of aryl methyl sites for hydroxylation is 1. The van der Waals surface area contributed by atoms with E-state index in [1.807, 2.05) is 12.1 Å². The predicted octanol–water partition coefficient (Wildman–Crippen LogP) is 1.37. The van der Waals surface area contributed by atoms with E-state index in [-0.39, 0.29) is 11.7 Å². The Balaban J connectivity index is 1.92. The number of pyridine rings is 1. The third kappa shape index (κ3) is 3.37. The minimum Gasteiger partial charge on any atom is -0.473 e. The third-order valence-corrected chi connectivity index (χ3v) is 2.60. The van der Waals surface area contributed by atoms with Crippen LogP contribution in [0, 0.1) is 10.1 Å². The number of nitro groups is 1. The molecule has 0 atom stereocenters. The van der Waals surface area contributed by atoms with Crippen LogP contribution in [0.2, 0.25) is 0 Å². The molecule has 0 saturated heterocycles. The summed E-state index contributed by atoms with van der Waals surface area (Å²) in [6.45, 7) is 0.305. The number of ether oxygens (including phenoxy) is 1. The van der Waals surface area contributed by atoms with Crippen LogP contribution in [0.5, 0.6) is 5.88 Å². The summed E-state index contributed by atoms with van der Waals surface area (Å²) in [5.41, 5.74) is 6.17. The van der Waals surface area contributed by atoms with E-state index >= 15 is 0 Å². The zero-order valence-corrected chi connectivity index (χ0v) is 10.6. The summed E-state index contributed by atoms with van der Waals surface area (Å²) in [6, 6.07) is 3.82. The maximum absolute atomic E-state index is 10.9. The van der Waals surface area contributed by atoms with Crippen LogP contribution in [-0.2, 0) is 6.42 Å². The van der Waals surface area contributed by atoms with Crippen LogP contribution in [0.1, 0.15) is 12.0 Å². The normalized spacial score (nSPS) is 10.2. The van der Waals surface area contributed by atoms with Gasteiger partial charge in [-0.2, -0.15) is 4.98 Å². The number of aromatic nitrogens is 3. The Bertz CT molecular complexity index is 591. The van der Waals surface area contributed by atoms with Gasteiger partial charge in [0.15, 0.2) is 0 Å². The lowest BCUT2D eigenvalue weighted by Crippen LogP contribution is -2.06. The maximum atomic E-state index is 10.9. The quantitative estimate of drug-likeness (QED) is 0.480. The summed E-state index contributed by atoms with van der Waals surface area (Å²) in [6.07, 6.45) is 6.06. The Labute approximate surface area is 114 Å². The zero-order valence-electron chi connectivity index (χ0n) is 10.6. The van der Waals surface area contributed by atoms with Crippen molar-refractivity contribution in [3.05, 3.63) is 46.5 Å². The highest BCUT2D eigenvalue weighted by Gasteiger charge is 2.22. The number of anilines is 1. The molecule has 0 aromatic carbocycles. The smallest absolute Gasteiger partial charge is 0.372 e. The van der Waals surface area contributed by atoms with Crippen molar-refractivity contribution < 1.29 is 9.66 Å². The average Bonchev–Trinajstić information content (AvgIpc) is 2.44. The first-order valence-corrected chi connectivity index (χ1v) is 5.95. The highest BCUT2D eigenvalue weighted by Crippen LogP contribution is 2.28. The van der Waals surface area contributed by atoms with Gasteiger partial charge in [0, 0.05) is 12.4 Å². The van der Waals surface area contributed by atoms with Crippen LogP contribution in [0.15, 0.2) is 30.9 Å². The van der Waals surface area contributed by atoms with E-state index in [0.29, 0.717) is 13.0 Å². The van der Waals surface area contributed by atoms with Gasteiger partial charge in [-0.3, -0.25) is 15.1 Å². The first-order chi connectivity index (χ1) is 9.68. The van der Waals surface area contributed by atoms with Crippen molar-refractivity contribution in [3.8, 4) is 5.88 Å². The van der Waals surface area contributed by atoms with Gasteiger partial charge in [-0.25, -0.2) is 4.98 Å². The van der Waals surface area contributed by atoms with E-state index < -0.39 is 10.6 Å². The highest BCUT2D eigenvalue weighted by atomic mass is 16.6. The van der Waals surface area contributed by atoms with Crippen molar-refractivity contribution in [3.63, 3.8) is 0 Å². The largest absolute Gasteiger partial charge is 0.473 e. The Morgan fingerprint density at radius 1 is 1.30 bits per heavy atom. The molecule has 0 aliphatic heterocycles. The number of hydrogen-bond acceptors (Lipinski definition) is 7. The lowest BCUT2D eigenvalue weighted by atomic mass is 10.1. The molecular formula is C12H13N5O3.